The van der Waals surface area contributed by atoms with Gasteiger partial charge in [-0.15, -0.1) is 0 Å². The van der Waals surface area contributed by atoms with Crippen LogP contribution in [-0.4, -0.2) is 18.5 Å². The number of carbonyl (C=O) groups excluding carboxylic acids is 1. The standard InChI is InChI=1S/C16H24N2O/c1-11-6-4-5-7-15(11)13(3)18-16(19)14-8-9-17-12(2)10-14/h4-7,12-14,17H,8-10H2,1-3H3,(H,18,19). The van der Waals surface area contributed by atoms with Gasteiger partial charge in [0.25, 0.3) is 0 Å². The Hall–Kier alpha value is -1.35. The Labute approximate surface area is 115 Å². The quantitative estimate of drug-likeness (QED) is 0.877. The highest BCUT2D eigenvalue weighted by Crippen LogP contribution is 2.20. The molecule has 1 aliphatic heterocycles. The van der Waals surface area contributed by atoms with E-state index in [4.69, 9.17) is 0 Å². The van der Waals surface area contributed by atoms with Gasteiger partial charge >= 0.3 is 0 Å². The van der Waals surface area contributed by atoms with Gasteiger partial charge in [-0.25, -0.2) is 0 Å². The van der Waals surface area contributed by atoms with Crippen LogP contribution >= 0.6 is 0 Å². The van der Waals surface area contributed by atoms with Gasteiger partial charge < -0.3 is 10.6 Å². The fourth-order valence-electron chi connectivity index (χ4n) is 2.85. The summed E-state index contributed by atoms with van der Waals surface area (Å²) in [6.07, 6.45) is 1.88. The highest BCUT2D eigenvalue weighted by Gasteiger charge is 2.25. The molecule has 0 spiro atoms. The summed E-state index contributed by atoms with van der Waals surface area (Å²) in [7, 11) is 0. The van der Waals surface area contributed by atoms with Crippen LogP contribution < -0.4 is 10.6 Å². The summed E-state index contributed by atoms with van der Waals surface area (Å²) in [5.41, 5.74) is 2.44. The molecule has 0 aliphatic carbocycles. The number of amides is 1. The van der Waals surface area contributed by atoms with Crippen LogP contribution in [0, 0.1) is 12.8 Å². The summed E-state index contributed by atoms with van der Waals surface area (Å²) in [6, 6.07) is 8.76. The van der Waals surface area contributed by atoms with E-state index in [1.165, 1.54) is 11.1 Å². The smallest absolute Gasteiger partial charge is 0.223 e. The Morgan fingerprint density at radius 3 is 2.84 bits per heavy atom. The third-order valence-electron chi connectivity index (χ3n) is 4.01. The first-order chi connectivity index (χ1) is 9.08. The lowest BCUT2D eigenvalue weighted by atomic mass is 9.92. The predicted octanol–water partition coefficient (Wildman–Crippen LogP) is 2.56. The number of rotatable bonds is 3. The second kappa shape index (κ2) is 6.20. The van der Waals surface area contributed by atoms with Crippen molar-refractivity contribution in [3.05, 3.63) is 35.4 Å². The SMILES string of the molecule is Cc1ccccc1C(C)NC(=O)C1CCNC(C)C1. The normalized spacial score (nSPS) is 24.8. The van der Waals surface area contributed by atoms with Crippen LogP contribution in [0.2, 0.25) is 0 Å². The maximum atomic E-state index is 12.3. The molecular formula is C16H24N2O. The molecule has 1 aromatic rings. The second-order valence-corrected chi connectivity index (χ2v) is 5.66. The zero-order valence-corrected chi connectivity index (χ0v) is 12.1. The molecule has 1 saturated heterocycles. The van der Waals surface area contributed by atoms with Crippen LogP contribution in [-0.2, 0) is 4.79 Å². The van der Waals surface area contributed by atoms with E-state index in [2.05, 4.69) is 43.5 Å². The summed E-state index contributed by atoms with van der Waals surface area (Å²) in [5.74, 6) is 0.354. The van der Waals surface area contributed by atoms with E-state index in [1.54, 1.807) is 0 Å². The first kappa shape index (κ1) is 14.1. The minimum atomic E-state index is 0.0823. The summed E-state index contributed by atoms with van der Waals surface area (Å²) in [6.45, 7) is 7.23. The lowest BCUT2D eigenvalue weighted by Gasteiger charge is -2.28. The van der Waals surface area contributed by atoms with E-state index in [-0.39, 0.29) is 17.9 Å². The molecule has 19 heavy (non-hydrogen) atoms. The number of aryl methyl sites for hydroxylation is 1. The van der Waals surface area contributed by atoms with Crippen molar-refractivity contribution in [1.29, 1.82) is 0 Å². The van der Waals surface area contributed by atoms with E-state index < -0.39 is 0 Å². The number of carbonyl (C=O) groups is 1. The summed E-state index contributed by atoms with van der Waals surface area (Å²) >= 11 is 0. The average molecular weight is 260 g/mol. The van der Waals surface area contributed by atoms with Gasteiger partial charge in [0, 0.05) is 12.0 Å². The second-order valence-electron chi connectivity index (χ2n) is 5.66. The Bertz CT molecular complexity index is 444. The zero-order chi connectivity index (χ0) is 13.8. The lowest BCUT2D eigenvalue weighted by molar-refractivity contribution is -0.126. The van der Waals surface area contributed by atoms with Crippen LogP contribution in [0.3, 0.4) is 0 Å². The van der Waals surface area contributed by atoms with Crippen LogP contribution in [0.1, 0.15) is 43.9 Å². The van der Waals surface area contributed by atoms with E-state index in [9.17, 15) is 4.79 Å². The number of piperidine rings is 1. The number of hydrogen-bond acceptors (Lipinski definition) is 2. The minimum Gasteiger partial charge on any atom is -0.349 e. The van der Waals surface area contributed by atoms with Crippen molar-refractivity contribution in [3.8, 4) is 0 Å². The number of hydrogen-bond donors (Lipinski definition) is 2. The minimum absolute atomic E-state index is 0.0823. The first-order valence-corrected chi connectivity index (χ1v) is 7.17. The molecule has 1 heterocycles. The zero-order valence-electron chi connectivity index (χ0n) is 12.1. The molecule has 1 fully saturated rings. The molecule has 0 radical (unpaired) electrons. The summed E-state index contributed by atoms with van der Waals surface area (Å²) in [4.78, 5) is 12.3. The number of benzene rings is 1. The van der Waals surface area contributed by atoms with Crippen molar-refractivity contribution in [2.24, 2.45) is 5.92 Å². The fourth-order valence-corrected chi connectivity index (χ4v) is 2.85. The average Bonchev–Trinajstić information content (AvgIpc) is 2.39. The van der Waals surface area contributed by atoms with E-state index in [1.807, 2.05) is 12.1 Å². The van der Waals surface area contributed by atoms with Crippen molar-refractivity contribution < 1.29 is 4.79 Å². The van der Waals surface area contributed by atoms with Crippen molar-refractivity contribution in [3.63, 3.8) is 0 Å². The van der Waals surface area contributed by atoms with E-state index in [0.717, 1.165) is 19.4 Å². The first-order valence-electron chi connectivity index (χ1n) is 7.17. The lowest BCUT2D eigenvalue weighted by Crippen LogP contribution is -2.43. The van der Waals surface area contributed by atoms with E-state index in [0.29, 0.717) is 6.04 Å². The van der Waals surface area contributed by atoms with Gasteiger partial charge in [-0.3, -0.25) is 4.79 Å². The van der Waals surface area contributed by atoms with Crippen LogP contribution in [0.15, 0.2) is 24.3 Å². The highest BCUT2D eigenvalue weighted by molar-refractivity contribution is 5.79. The highest BCUT2D eigenvalue weighted by atomic mass is 16.1. The Kier molecular flexibility index (Phi) is 4.59. The molecule has 2 N–H and O–H groups in total. The van der Waals surface area contributed by atoms with Crippen LogP contribution in [0.4, 0.5) is 0 Å². The maximum absolute atomic E-state index is 12.3. The molecule has 0 bridgehead atoms. The van der Waals surface area contributed by atoms with Crippen molar-refractivity contribution >= 4 is 5.91 Å². The van der Waals surface area contributed by atoms with Gasteiger partial charge in [0.15, 0.2) is 0 Å². The van der Waals surface area contributed by atoms with Gasteiger partial charge in [-0.05, 0) is 51.3 Å². The molecule has 2 rings (SSSR count). The molecule has 0 aromatic heterocycles. The Morgan fingerprint density at radius 2 is 2.16 bits per heavy atom. The summed E-state index contributed by atoms with van der Waals surface area (Å²) < 4.78 is 0. The molecular weight excluding hydrogens is 236 g/mol. The fraction of sp³-hybridized carbons (Fsp3) is 0.562. The van der Waals surface area contributed by atoms with Gasteiger partial charge in [0.05, 0.1) is 6.04 Å². The third kappa shape index (κ3) is 3.57. The molecule has 1 amide bonds. The Balaban J connectivity index is 1.97. The van der Waals surface area contributed by atoms with Gasteiger partial charge in [-0.2, -0.15) is 0 Å². The van der Waals surface area contributed by atoms with Gasteiger partial charge in [0.1, 0.15) is 0 Å². The van der Waals surface area contributed by atoms with Crippen molar-refractivity contribution in [2.45, 2.75) is 45.7 Å². The predicted molar refractivity (Wildman–Crippen MR) is 77.9 cm³/mol. The largest absolute Gasteiger partial charge is 0.349 e. The monoisotopic (exact) mass is 260 g/mol. The summed E-state index contributed by atoms with van der Waals surface area (Å²) in [5, 5.41) is 6.54. The molecule has 3 heteroatoms. The van der Waals surface area contributed by atoms with Crippen LogP contribution in [0.5, 0.6) is 0 Å². The molecule has 1 aliphatic rings. The van der Waals surface area contributed by atoms with Gasteiger partial charge in [-0.1, -0.05) is 24.3 Å². The Morgan fingerprint density at radius 1 is 1.42 bits per heavy atom. The molecule has 0 saturated carbocycles. The van der Waals surface area contributed by atoms with Crippen LogP contribution in [0.25, 0.3) is 0 Å². The maximum Gasteiger partial charge on any atom is 0.223 e. The molecule has 3 atom stereocenters. The molecule has 104 valence electrons. The van der Waals surface area contributed by atoms with Gasteiger partial charge in [0.2, 0.25) is 5.91 Å². The molecule has 3 unspecified atom stereocenters. The van der Waals surface area contributed by atoms with Crippen molar-refractivity contribution in [2.75, 3.05) is 6.54 Å². The molecule has 1 aromatic carbocycles. The number of nitrogens with one attached hydrogen (secondary N) is 2. The van der Waals surface area contributed by atoms with E-state index >= 15 is 0 Å². The van der Waals surface area contributed by atoms with Crippen molar-refractivity contribution in [1.82, 2.24) is 10.6 Å². The molecule has 3 nitrogen and oxygen atoms in total. The third-order valence-corrected chi connectivity index (χ3v) is 4.01. The topological polar surface area (TPSA) is 41.1 Å².